The third-order valence-corrected chi connectivity index (χ3v) is 2.62. The number of fused-ring (bicyclic) bond motifs is 1. The monoisotopic (exact) mass is 225 g/mol. The van der Waals surface area contributed by atoms with Gasteiger partial charge in [-0.2, -0.15) is 0 Å². The van der Waals surface area contributed by atoms with Gasteiger partial charge in [0.15, 0.2) is 0 Å². The maximum atomic E-state index is 11.4. The van der Waals surface area contributed by atoms with E-state index in [1.165, 1.54) is 19.2 Å². The molecule has 1 heterocycles. The van der Waals surface area contributed by atoms with Gasteiger partial charge in [0.25, 0.3) is 5.91 Å². The molecular formula is C10H8ClNO3. The molecular weight excluding hydrogens is 218 g/mol. The van der Waals surface area contributed by atoms with Gasteiger partial charge in [-0.3, -0.25) is 4.79 Å². The van der Waals surface area contributed by atoms with Crippen LogP contribution in [0.25, 0.3) is 0 Å². The van der Waals surface area contributed by atoms with E-state index < -0.39 is 5.97 Å². The molecule has 0 saturated heterocycles. The summed E-state index contributed by atoms with van der Waals surface area (Å²) in [5, 5.41) is 3.04. The Morgan fingerprint density at radius 1 is 1.53 bits per heavy atom. The van der Waals surface area contributed by atoms with Gasteiger partial charge in [-0.15, -0.1) is 0 Å². The number of hydrogen-bond donors (Lipinski definition) is 1. The fourth-order valence-electron chi connectivity index (χ4n) is 1.52. The standard InChI is InChI=1S/C10H8ClNO3/c1-15-10(14)5-2-6-7(8(11)3-5)4-12-9(6)13/h2-3H,4H2,1H3,(H,12,13). The molecule has 5 heteroatoms. The molecule has 0 atom stereocenters. The van der Waals surface area contributed by atoms with Crippen LogP contribution >= 0.6 is 11.6 Å². The maximum Gasteiger partial charge on any atom is 0.337 e. The van der Waals surface area contributed by atoms with Crippen LogP contribution in [0.15, 0.2) is 12.1 Å². The molecule has 1 aliphatic heterocycles. The molecule has 0 spiro atoms. The van der Waals surface area contributed by atoms with Gasteiger partial charge in [0.1, 0.15) is 0 Å². The second-order valence-electron chi connectivity index (χ2n) is 3.16. The number of methoxy groups -OCH3 is 1. The molecule has 0 radical (unpaired) electrons. The minimum atomic E-state index is -0.501. The van der Waals surface area contributed by atoms with E-state index in [4.69, 9.17) is 11.6 Å². The fourth-order valence-corrected chi connectivity index (χ4v) is 1.80. The van der Waals surface area contributed by atoms with E-state index in [1.807, 2.05) is 0 Å². The number of carbonyl (C=O) groups is 2. The van der Waals surface area contributed by atoms with Crippen molar-refractivity contribution in [2.24, 2.45) is 0 Å². The molecule has 1 aliphatic rings. The van der Waals surface area contributed by atoms with Crippen molar-refractivity contribution in [3.63, 3.8) is 0 Å². The smallest absolute Gasteiger partial charge is 0.337 e. The summed E-state index contributed by atoms with van der Waals surface area (Å²) in [5.41, 5.74) is 1.47. The average Bonchev–Trinajstić information content (AvgIpc) is 2.60. The van der Waals surface area contributed by atoms with E-state index in [0.717, 1.165) is 5.56 Å². The number of hydrogen-bond acceptors (Lipinski definition) is 3. The van der Waals surface area contributed by atoms with E-state index in [1.54, 1.807) is 0 Å². The van der Waals surface area contributed by atoms with Crippen LogP contribution in [0.2, 0.25) is 5.02 Å². The highest BCUT2D eigenvalue weighted by Gasteiger charge is 2.23. The van der Waals surface area contributed by atoms with Crippen molar-refractivity contribution in [1.82, 2.24) is 5.32 Å². The molecule has 0 bridgehead atoms. The van der Waals surface area contributed by atoms with Crippen molar-refractivity contribution < 1.29 is 14.3 Å². The summed E-state index contributed by atoms with van der Waals surface area (Å²) in [5.74, 6) is -0.711. The lowest BCUT2D eigenvalue weighted by atomic mass is 10.1. The number of rotatable bonds is 1. The Balaban J connectivity index is 2.55. The molecule has 4 nitrogen and oxygen atoms in total. The summed E-state index contributed by atoms with van der Waals surface area (Å²) in [6.07, 6.45) is 0. The molecule has 1 aromatic rings. The van der Waals surface area contributed by atoms with Crippen molar-refractivity contribution in [3.8, 4) is 0 Å². The van der Waals surface area contributed by atoms with Crippen LogP contribution in [-0.4, -0.2) is 19.0 Å². The first-order chi connectivity index (χ1) is 7.13. The molecule has 0 aliphatic carbocycles. The van der Waals surface area contributed by atoms with E-state index >= 15 is 0 Å². The number of esters is 1. The predicted molar refractivity (Wildman–Crippen MR) is 54.0 cm³/mol. The van der Waals surface area contributed by atoms with Crippen molar-refractivity contribution >= 4 is 23.5 Å². The van der Waals surface area contributed by atoms with Crippen molar-refractivity contribution in [3.05, 3.63) is 33.8 Å². The van der Waals surface area contributed by atoms with E-state index in [2.05, 4.69) is 10.1 Å². The third kappa shape index (κ3) is 1.57. The van der Waals surface area contributed by atoms with Crippen LogP contribution in [0, 0.1) is 0 Å². The van der Waals surface area contributed by atoms with Gasteiger partial charge >= 0.3 is 5.97 Å². The van der Waals surface area contributed by atoms with Gasteiger partial charge in [-0.1, -0.05) is 11.6 Å². The summed E-state index contributed by atoms with van der Waals surface area (Å²) < 4.78 is 4.56. The van der Waals surface area contributed by atoms with Crippen LogP contribution in [0.3, 0.4) is 0 Å². The Kier molecular flexibility index (Phi) is 2.36. The molecule has 0 unspecified atom stereocenters. The predicted octanol–water partition coefficient (Wildman–Crippen LogP) is 1.37. The minimum Gasteiger partial charge on any atom is -0.465 e. The fraction of sp³-hybridized carbons (Fsp3) is 0.200. The Bertz CT molecular complexity index is 456. The molecule has 0 aromatic heterocycles. The Labute approximate surface area is 91.2 Å². The maximum absolute atomic E-state index is 11.4. The number of carbonyl (C=O) groups excluding carboxylic acids is 2. The molecule has 15 heavy (non-hydrogen) atoms. The summed E-state index contributed by atoms with van der Waals surface area (Å²) in [6.45, 7) is 0.411. The van der Waals surface area contributed by atoms with Crippen LogP contribution in [0.4, 0.5) is 0 Å². The van der Waals surface area contributed by atoms with Gasteiger partial charge in [0, 0.05) is 22.7 Å². The minimum absolute atomic E-state index is 0.211. The zero-order chi connectivity index (χ0) is 11.0. The molecule has 1 amide bonds. The highest BCUT2D eigenvalue weighted by molar-refractivity contribution is 6.32. The zero-order valence-electron chi connectivity index (χ0n) is 7.96. The van der Waals surface area contributed by atoms with Crippen LogP contribution in [0.5, 0.6) is 0 Å². The Hall–Kier alpha value is -1.55. The van der Waals surface area contributed by atoms with Gasteiger partial charge in [0.2, 0.25) is 0 Å². The van der Waals surface area contributed by atoms with Gasteiger partial charge in [-0.25, -0.2) is 4.79 Å². The van der Waals surface area contributed by atoms with E-state index in [-0.39, 0.29) is 5.91 Å². The number of amides is 1. The second kappa shape index (κ2) is 3.55. The lowest BCUT2D eigenvalue weighted by molar-refractivity contribution is 0.0600. The van der Waals surface area contributed by atoms with Crippen molar-refractivity contribution in [2.75, 3.05) is 7.11 Å². The average molecular weight is 226 g/mol. The van der Waals surface area contributed by atoms with Crippen molar-refractivity contribution in [2.45, 2.75) is 6.54 Å². The molecule has 0 fully saturated rings. The van der Waals surface area contributed by atoms with Crippen LogP contribution in [-0.2, 0) is 11.3 Å². The topological polar surface area (TPSA) is 55.4 Å². The van der Waals surface area contributed by atoms with E-state index in [0.29, 0.717) is 22.7 Å². The lowest BCUT2D eigenvalue weighted by Gasteiger charge is -2.03. The van der Waals surface area contributed by atoms with Crippen molar-refractivity contribution in [1.29, 1.82) is 0 Å². The third-order valence-electron chi connectivity index (χ3n) is 2.29. The Morgan fingerprint density at radius 2 is 2.27 bits per heavy atom. The van der Waals surface area contributed by atoms with Gasteiger partial charge < -0.3 is 10.1 Å². The number of nitrogens with one attached hydrogen (secondary N) is 1. The molecule has 1 aromatic carbocycles. The normalized spacial score (nSPS) is 13.3. The largest absolute Gasteiger partial charge is 0.465 e. The highest BCUT2D eigenvalue weighted by atomic mass is 35.5. The summed E-state index contributed by atoms with van der Waals surface area (Å²) in [4.78, 5) is 22.6. The number of halogens is 1. The summed E-state index contributed by atoms with van der Waals surface area (Å²) >= 11 is 5.94. The van der Waals surface area contributed by atoms with E-state index in [9.17, 15) is 9.59 Å². The summed E-state index contributed by atoms with van der Waals surface area (Å²) in [7, 11) is 1.28. The molecule has 0 saturated carbocycles. The highest BCUT2D eigenvalue weighted by Crippen LogP contribution is 2.26. The first kappa shape index (κ1) is 9.98. The summed E-state index contributed by atoms with van der Waals surface area (Å²) in [6, 6.07) is 3.00. The number of benzene rings is 1. The van der Waals surface area contributed by atoms with Crippen LogP contribution < -0.4 is 5.32 Å². The first-order valence-corrected chi connectivity index (χ1v) is 4.70. The number of ether oxygens (including phenoxy) is 1. The van der Waals surface area contributed by atoms with Gasteiger partial charge in [-0.05, 0) is 12.1 Å². The van der Waals surface area contributed by atoms with Gasteiger partial charge in [0.05, 0.1) is 12.7 Å². The molecule has 2 rings (SSSR count). The quantitative estimate of drug-likeness (QED) is 0.735. The first-order valence-electron chi connectivity index (χ1n) is 4.32. The Morgan fingerprint density at radius 3 is 2.93 bits per heavy atom. The zero-order valence-corrected chi connectivity index (χ0v) is 8.72. The lowest BCUT2D eigenvalue weighted by Crippen LogP contribution is -2.12. The van der Waals surface area contributed by atoms with Crippen LogP contribution in [0.1, 0.15) is 26.3 Å². The molecule has 78 valence electrons. The molecule has 1 N–H and O–H groups in total. The SMILES string of the molecule is COC(=O)c1cc(Cl)c2c(c1)C(=O)NC2. The second-order valence-corrected chi connectivity index (χ2v) is 3.57.